The van der Waals surface area contributed by atoms with Crippen molar-refractivity contribution in [3.05, 3.63) is 109 Å². The third kappa shape index (κ3) is 68.7. The van der Waals surface area contributed by atoms with Gasteiger partial charge in [0.05, 0.1) is 0 Å². The maximum atomic E-state index is 13.0. The van der Waals surface area contributed by atoms with Crippen LogP contribution in [0.2, 0.25) is 0 Å². The Morgan fingerprint density at radius 2 is 0.470 bits per heavy atom. The molecule has 0 saturated carbocycles. The summed E-state index contributed by atoms with van der Waals surface area (Å²) in [6.45, 7) is 6.44. The summed E-state index contributed by atoms with van der Waals surface area (Å²) in [6, 6.07) is 0. The van der Waals surface area contributed by atoms with Gasteiger partial charge in [-0.15, -0.1) is 0 Å². The Hall–Kier alpha value is -3.93. The second kappa shape index (κ2) is 70.6. The number of esters is 3. The van der Waals surface area contributed by atoms with Crippen LogP contribution in [0.4, 0.5) is 0 Å². The molecule has 0 aromatic rings. The van der Waals surface area contributed by atoms with Crippen LogP contribution in [-0.2, 0) is 28.6 Å². The van der Waals surface area contributed by atoms with Gasteiger partial charge in [0.25, 0.3) is 0 Å². The van der Waals surface area contributed by atoms with Crippen LogP contribution in [0.1, 0.15) is 342 Å². The van der Waals surface area contributed by atoms with Gasteiger partial charge in [0.1, 0.15) is 13.2 Å². The average Bonchev–Trinajstić information content (AvgIpc) is 3.49. The molecular formula is C77H132O6. The summed E-state index contributed by atoms with van der Waals surface area (Å²) in [5, 5.41) is 0. The zero-order chi connectivity index (χ0) is 59.9. The zero-order valence-electron chi connectivity index (χ0n) is 54.7. The summed E-state index contributed by atoms with van der Waals surface area (Å²) in [6.07, 6.45) is 96.7. The Balaban J connectivity index is 4.36. The molecular weight excluding hydrogens is 1020 g/mol. The Morgan fingerprint density at radius 3 is 0.747 bits per heavy atom. The van der Waals surface area contributed by atoms with E-state index < -0.39 is 6.10 Å². The fraction of sp³-hybridized carbons (Fsp3) is 0.727. The molecule has 0 heterocycles. The minimum absolute atomic E-state index is 0.0809. The molecule has 1 unspecified atom stereocenters. The Morgan fingerprint density at radius 1 is 0.253 bits per heavy atom. The zero-order valence-corrected chi connectivity index (χ0v) is 54.7. The van der Waals surface area contributed by atoms with E-state index in [1.807, 2.05) is 0 Å². The lowest BCUT2D eigenvalue weighted by Gasteiger charge is -2.18. The Bertz CT molecular complexity index is 1660. The number of carbonyl (C=O) groups is 3. The molecule has 0 fully saturated rings. The quantitative estimate of drug-likeness (QED) is 0.0261. The van der Waals surface area contributed by atoms with Gasteiger partial charge in [0, 0.05) is 19.3 Å². The number of hydrogen-bond acceptors (Lipinski definition) is 6. The van der Waals surface area contributed by atoms with Crippen molar-refractivity contribution in [2.24, 2.45) is 0 Å². The average molecular weight is 1150 g/mol. The summed E-state index contributed by atoms with van der Waals surface area (Å²) < 4.78 is 17.0. The maximum absolute atomic E-state index is 13.0. The lowest BCUT2D eigenvalue weighted by Crippen LogP contribution is -2.30. The number of unbranched alkanes of at least 4 members (excludes halogenated alkanes) is 35. The van der Waals surface area contributed by atoms with E-state index in [1.54, 1.807) is 0 Å². The first-order valence-corrected chi connectivity index (χ1v) is 35.4. The van der Waals surface area contributed by atoms with Crippen LogP contribution in [0, 0.1) is 0 Å². The van der Waals surface area contributed by atoms with Crippen molar-refractivity contribution < 1.29 is 28.6 Å². The van der Waals surface area contributed by atoms with Crippen LogP contribution in [0.5, 0.6) is 0 Å². The van der Waals surface area contributed by atoms with Gasteiger partial charge in [-0.05, 0) is 122 Å². The van der Waals surface area contributed by atoms with Gasteiger partial charge in [-0.2, -0.15) is 0 Å². The molecule has 6 nitrogen and oxygen atoms in total. The van der Waals surface area contributed by atoms with Crippen LogP contribution in [0.3, 0.4) is 0 Å². The van der Waals surface area contributed by atoms with Gasteiger partial charge < -0.3 is 14.2 Å². The van der Waals surface area contributed by atoms with Crippen molar-refractivity contribution in [3.63, 3.8) is 0 Å². The molecule has 0 bridgehead atoms. The molecule has 0 saturated heterocycles. The van der Waals surface area contributed by atoms with E-state index in [0.29, 0.717) is 19.3 Å². The van der Waals surface area contributed by atoms with E-state index in [0.717, 1.165) is 109 Å². The minimum Gasteiger partial charge on any atom is -0.462 e. The monoisotopic (exact) mass is 1150 g/mol. The maximum Gasteiger partial charge on any atom is 0.306 e. The highest BCUT2D eigenvalue weighted by Gasteiger charge is 2.19. The summed E-state index contributed by atoms with van der Waals surface area (Å²) in [4.78, 5) is 38.5. The van der Waals surface area contributed by atoms with Crippen molar-refractivity contribution in [3.8, 4) is 0 Å². The normalized spacial score (nSPS) is 12.8. The summed E-state index contributed by atoms with van der Waals surface area (Å²) in [7, 11) is 0. The number of hydrogen-bond donors (Lipinski definition) is 0. The topological polar surface area (TPSA) is 78.9 Å². The van der Waals surface area contributed by atoms with Gasteiger partial charge in [0.15, 0.2) is 6.10 Å². The highest BCUT2D eigenvalue weighted by atomic mass is 16.6. The number of rotatable bonds is 64. The third-order valence-corrected chi connectivity index (χ3v) is 15.2. The lowest BCUT2D eigenvalue weighted by atomic mass is 10.0. The molecule has 476 valence electrons. The van der Waals surface area contributed by atoms with E-state index in [2.05, 4.69) is 130 Å². The molecule has 0 N–H and O–H groups in total. The summed E-state index contributed by atoms with van der Waals surface area (Å²) in [5.74, 6) is -0.876. The van der Waals surface area contributed by atoms with E-state index >= 15 is 0 Å². The fourth-order valence-corrected chi connectivity index (χ4v) is 10.0. The standard InChI is InChI=1S/C77H132O6/c1-4-7-10-13-16-19-22-25-28-31-33-35-37-38-40-41-43-46-49-52-55-58-61-64-67-70-76(79)82-73-74(72-81-75(78)69-66-63-60-57-54-51-48-45-30-27-24-21-18-15-12-9-6-3)83-77(80)71-68-65-62-59-56-53-50-47-44-42-39-36-34-32-29-26-23-20-17-14-11-8-5-2/h7-8,10-11,16-17,19-20,25-30,33-36,74H,4-6,9,12-15,18,21-24,31-32,37-73H2,1-3H3/b10-7-,11-8-,19-16-,20-17-,28-25-,29-26-,30-27-,35-33-,36-34-. The summed E-state index contributed by atoms with van der Waals surface area (Å²) in [5.41, 5.74) is 0. The number of carbonyl (C=O) groups excluding carboxylic acids is 3. The molecule has 0 radical (unpaired) electrons. The van der Waals surface area contributed by atoms with E-state index in [9.17, 15) is 14.4 Å². The predicted octanol–water partition coefficient (Wildman–Crippen LogP) is 24.6. The third-order valence-electron chi connectivity index (χ3n) is 15.2. The largest absolute Gasteiger partial charge is 0.462 e. The molecule has 0 aromatic heterocycles. The van der Waals surface area contributed by atoms with Gasteiger partial charge in [-0.1, -0.05) is 310 Å². The Kier molecular flexibility index (Phi) is 67.2. The first-order chi connectivity index (χ1) is 41.0. The molecule has 0 aliphatic carbocycles. The van der Waals surface area contributed by atoms with Crippen molar-refractivity contribution in [2.75, 3.05) is 13.2 Å². The molecule has 0 spiro atoms. The van der Waals surface area contributed by atoms with Crippen LogP contribution >= 0.6 is 0 Å². The lowest BCUT2D eigenvalue weighted by molar-refractivity contribution is -0.167. The van der Waals surface area contributed by atoms with Crippen LogP contribution in [0.15, 0.2) is 109 Å². The number of ether oxygens (including phenoxy) is 3. The van der Waals surface area contributed by atoms with Crippen molar-refractivity contribution in [2.45, 2.75) is 348 Å². The smallest absolute Gasteiger partial charge is 0.306 e. The highest BCUT2D eigenvalue weighted by Crippen LogP contribution is 2.17. The summed E-state index contributed by atoms with van der Waals surface area (Å²) >= 11 is 0. The van der Waals surface area contributed by atoms with Gasteiger partial charge >= 0.3 is 17.9 Å². The molecule has 0 aliphatic rings. The van der Waals surface area contributed by atoms with Gasteiger partial charge in [0.2, 0.25) is 0 Å². The van der Waals surface area contributed by atoms with E-state index in [-0.39, 0.29) is 31.1 Å². The molecule has 83 heavy (non-hydrogen) atoms. The molecule has 0 aliphatic heterocycles. The Labute approximate surface area is 514 Å². The van der Waals surface area contributed by atoms with Crippen LogP contribution in [0.25, 0.3) is 0 Å². The molecule has 6 heteroatoms. The van der Waals surface area contributed by atoms with Gasteiger partial charge in [-0.3, -0.25) is 14.4 Å². The molecule has 1 atom stereocenters. The highest BCUT2D eigenvalue weighted by molar-refractivity contribution is 5.71. The SMILES string of the molecule is CC/C=C\C/C=C\C/C=C\C/C=C\CCCCCCCCCCCCCCC(=O)OCC(COC(=O)CCCCCCCCC/C=C\CCCCCCCC)OC(=O)CCCCCCCCCCCC/C=C\C/C=C\C/C=C\C/C=C\CC. The second-order valence-corrected chi connectivity index (χ2v) is 23.4. The van der Waals surface area contributed by atoms with Crippen LogP contribution in [-0.4, -0.2) is 37.2 Å². The van der Waals surface area contributed by atoms with Crippen molar-refractivity contribution in [1.29, 1.82) is 0 Å². The van der Waals surface area contributed by atoms with E-state index in [1.165, 1.54) is 193 Å². The molecule has 0 rings (SSSR count). The van der Waals surface area contributed by atoms with Crippen LogP contribution < -0.4 is 0 Å². The first-order valence-electron chi connectivity index (χ1n) is 35.4. The predicted molar refractivity (Wildman–Crippen MR) is 362 cm³/mol. The molecule has 0 amide bonds. The minimum atomic E-state index is -0.786. The van der Waals surface area contributed by atoms with Crippen molar-refractivity contribution >= 4 is 17.9 Å². The van der Waals surface area contributed by atoms with E-state index in [4.69, 9.17) is 14.2 Å². The van der Waals surface area contributed by atoms with Gasteiger partial charge in [-0.25, -0.2) is 0 Å². The van der Waals surface area contributed by atoms with Crippen molar-refractivity contribution in [1.82, 2.24) is 0 Å². The first kappa shape index (κ1) is 79.1. The molecule has 0 aromatic carbocycles. The second-order valence-electron chi connectivity index (χ2n) is 23.4. The fourth-order valence-electron chi connectivity index (χ4n) is 10.0. The number of allylic oxidation sites excluding steroid dienone is 18.